The van der Waals surface area contributed by atoms with Crippen molar-refractivity contribution >= 4 is 17.4 Å². The molecule has 0 aromatic heterocycles. The summed E-state index contributed by atoms with van der Waals surface area (Å²) in [7, 11) is 0. The molecule has 1 nitrogen and oxygen atoms in total. The summed E-state index contributed by atoms with van der Waals surface area (Å²) in [5.74, 6) is 0. The fourth-order valence-corrected chi connectivity index (χ4v) is 1.61. The highest BCUT2D eigenvalue weighted by Gasteiger charge is 1.97. The molecule has 0 aliphatic heterocycles. The average Bonchev–Trinajstić information content (AvgIpc) is 2.15. The molecule has 0 saturated heterocycles. The minimum absolute atomic E-state index is 0.845. The van der Waals surface area contributed by atoms with Crippen LogP contribution in [0.4, 0.5) is 5.69 Å². The van der Waals surface area contributed by atoms with Crippen molar-refractivity contribution in [2.24, 2.45) is 0 Å². The second-order valence-electron chi connectivity index (χ2n) is 3.01. The minimum atomic E-state index is 0.845. The fourth-order valence-electron chi connectivity index (χ4n) is 1.04. The number of anilines is 1. The molecule has 0 unspecified atom stereocenters. The highest BCUT2D eigenvalue weighted by atomic mass is 32.2. The third kappa shape index (κ3) is 3.15. The first-order valence-corrected chi connectivity index (χ1v) is 5.48. The summed E-state index contributed by atoms with van der Waals surface area (Å²) in [5.41, 5.74) is 2.34. The first kappa shape index (κ1) is 10.2. The zero-order valence-corrected chi connectivity index (χ0v) is 8.95. The van der Waals surface area contributed by atoms with Crippen LogP contribution in [-0.4, -0.2) is 12.8 Å². The molecule has 0 fully saturated rings. The van der Waals surface area contributed by atoms with Gasteiger partial charge in [0.15, 0.2) is 0 Å². The van der Waals surface area contributed by atoms with Gasteiger partial charge >= 0.3 is 0 Å². The Morgan fingerprint density at radius 3 is 2.77 bits per heavy atom. The number of thioether (sulfide) groups is 1. The lowest BCUT2D eigenvalue weighted by atomic mass is 10.3. The van der Waals surface area contributed by atoms with Gasteiger partial charge in [0, 0.05) is 17.1 Å². The summed E-state index contributed by atoms with van der Waals surface area (Å²) in [5, 5.41) is 3.34. The maximum atomic E-state index is 3.86. The van der Waals surface area contributed by atoms with Gasteiger partial charge in [0.25, 0.3) is 0 Å². The van der Waals surface area contributed by atoms with E-state index in [4.69, 9.17) is 0 Å². The topological polar surface area (TPSA) is 12.0 Å². The van der Waals surface area contributed by atoms with Crippen LogP contribution in [-0.2, 0) is 0 Å². The normalized spacial score (nSPS) is 9.69. The Morgan fingerprint density at radius 1 is 1.46 bits per heavy atom. The van der Waals surface area contributed by atoms with Crippen LogP contribution in [0.2, 0.25) is 0 Å². The molecular formula is C11H15NS. The predicted octanol–water partition coefficient (Wildman–Crippen LogP) is 3.40. The van der Waals surface area contributed by atoms with Gasteiger partial charge < -0.3 is 5.32 Å². The highest BCUT2D eigenvalue weighted by Crippen LogP contribution is 2.24. The Bertz CT molecular complexity index is 294. The van der Waals surface area contributed by atoms with Crippen molar-refractivity contribution < 1.29 is 0 Å². The molecule has 0 amide bonds. The van der Waals surface area contributed by atoms with Gasteiger partial charge in [-0.1, -0.05) is 24.3 Å². The number of hydrogen-bond donors (Lipinski definition) is 1. The predicted molar refractivity (Wildman–Crippen MR) is 61.5 cm³/mol. The summed E-state index contributed by atoms with van der Waals surface area (Å²) >= 11 is 1.75. The van der Waals surface area contributed by atoms with E-state index >= 15 is 0 Å². The van der Waals surface area contributed by atoms with Gasteiger partial charge in [-0.3, -0.25) is 0 Å². The Kier molecular flexibility index (Phi) is 3.90. The zero-order chi connectivity index (χ0) is 9.68. The van der Waals surface area contributed by atoms with Crippen LogP contribution >= 0.6 is 11.8 Å². The molecule has 0 bridgehead atoms. The first-order chi connectivity index (χ1) is 6.24. The van der Waals surface area contributed by atoms with Crippen LogP contribution in [0.25, 0.3) is 0 Å². The van der Waals surface area contributed by atoms with E-state index in [1.165, 1.54) is 10.6 Å². The molecule has 2 heteroatoms. The van der Waals surface area contributed by atoms with E-state index in [-0.39, 0.29) is 0 Å². The van der Waals surface area contributed by atoms with Crippen LogP contribution in [0.15, 0.2) is 41.3 Å². The summed E-state index contributed by atoms with van der Waals surface area (Å²) in [6.45, 7) is 6.72. The zero-order valence-electron chi connectivity index (χ0n) is 8.13. The molecule has 70 valence electrons. The summed E-state index contributed by atoms with van der Waals surface area (Å²) in [6, 6.07) is 8.30. The Balaban J connectivity index is 2.69. The van der Waals surface area contributed by atoms with Crippen molar-refractivity contribution in [2.75, 3.05) is 18.1 Å². The number of hydrogen-bond acceptors (Lipinski definition) is 2. The summed E-state index contributed by atoms with van der Waals surface area (Å²) in [4.78, 5) is 1.28. The monoisotopic (exact) mass is 193 g/mol. The third-order valence-corrected chi connectivity index (χ3v) is 2.48. The molecule has 0 atom stereocenters. The minimum Gasteiger partial charge on any atom is -0.380 e. The first-order valence-electron chi connectivity index (χ1n) is 4.25. The highest BCUT2D eigenvalue weighted by molar-refractivity contribution is 7.98. The quantitative estimate of drug-likeness (QED) is 0.581. The molecule has 0 saturated carbocycles. The van der Waals surface area contributed by atoms with Gasteiger partial charge in [-0.05, 0) is 25.3 Å². The molecule has 1 rings (SSSR count). The standard InChI is InChI=1S/C11H15NS/c1-9(2)8-12-10-6-4-5-7-11(10)13-3/h4-7,12H,1,8H2,2-3H3. The fraction of sp³-hybridized carbons (Fsp3) is 0.273. The van der Waals surface area contributed by atoms with E-state index in [1.807, 2.05) is 13.0 Å². The van der Waals surface area contributed by atoms with E-state index in [1.54, 1.807) is 11.8 Å². The van der Waals surface area contributed by atoms with Crippen molar-refractivity contribution in [3.63, 3.8) is 0 Å². The van der Waals surface area contributed by atoms with Crippen molar-refractivity contribution in [1.29, 1.82) is 0 Å². The van der Waals surface area contributed by atoms with E-state index in [2.05, 4.69) is 36.4 Å². The van der Waals surface area contributed by atoms with Crippen LogP contribution in [0.3, 0.4) is 0 Å². The van der Waals surface area contributed by atoms with Gasteiger partial charge in [-0.25, -0.2) is 0 Å². The number of rotatable bonds is 4. The maximum absolute atomic E-state index is 3.86. The van der Waals surface area contributed by atoms with Gasteiger partial charge in [-0.15, -0.1) is 11.8 Å². The molecule has 0 radical (unpaired) electrons. The van der Waals surface area contributed by atoms with Crippen LogP contribution in [0.5, 0.6) is 0 Å². The number of benzene rings is 1. The second kappa shape index (κ2) is 4.97. The molecule has 0 aliphatic rings. The SMILES string of the molecule is C=C(C)CNc1ccccc1SC. The van der Waals surface area contributed by atoms with Crippen molar-refractivity contribution in [3.8, 4) is 0 Å². The van der Waals surface area contributed by atoms with Gasteiger partial charge in [-0.2, -0.15) is 0 Å². The van der Waals surface area contributed by atoms with Gasteiger partial charge in [0.05, 0.1) is 0 Å². The summed E-state index contributed by atoms with van der Waals surface area (Å²) < 4.78 is 0. The lowest BCUT2D eigenvalue weighted by Crippen LogP contribution is -2.02. The number of para-hydroxylation sites is 1. The van der Waals surface area contributed by atoms with Crippen LogP contribution in [0.1, 0.15) is 6.92 Å². The Morgan fingerprint density at radius 2 is 2.15 bits per heavy atom. The summed E-state index contributed by atoms with van der Waals surface area (Å²) in [6.07, 6.45) is 2.08. The van der Waals surface area contributed by atoms with E-state index < -0.39 is 0 Å². The number of nitrogens with one attached hydrogen (secondary N) is 1. The van der Waals surface area contributed by atoms with E-state index in [0.29, 0.717) is 0 Å². The Hall–Kier alpha value is -0.890. The molecule has 1 aromatic carbocycles. The van der Waals surface area contributed by atoms with Crippen LogP contribution < -0.4 is 5.32 Å². The Labute approximate surface area is 84.2 Å². The third-order valence-electron chi connectivity index (χ3n) is 1.69. The molecule has 0 heterocycles. The lowest BCUT2D eigenvalue weighted by molar-refractivity contribution is 1.19. The molecule has 1 N–H and O–H groups in total. The van der Waals surface area contributed by atoms with E-state index in [0.717, 1.165) is 12.1 Å². The lowest BCUT2D eigenvalue weighted by Gasteiger charge is -2.09. The maximum Gasteiger partial charge on any atom is 0.0480 e. The second-order valence-corrected chi connectivity index (χ2v) is 3.86. The van der Waals surface area contributed by atoms with E-state index in [9.17, 15) is 0 Å². The largest absolute Gasteiger partial charge is 0.380 e. The van der Waals surface area contributed by atoms with Crippen molar-refractivity contribution in [3.05, 3.63) is 36.4 Å². The molecule has 13 heavy (non-hydrogen) atoms. The molecular weight excluding hydrogens is 178 g/mol. The molecule has 0 spiro atoms. The van der Waals surface area contributed by atoms with Gasteiger partial charge in [0.1, 0.15) is 0 Å². The smallest absolute Gasteiger partial charge is 0.0480 e. The average molecular weight is 193 g/mol. The van der Waals surface area contributed by atoms with Crippen molar-refractivity contribution in [2.45, 2.75) is 11.8 Å². The molecule has 0 aliphatic carbocycles. The van der Waals surface area contributed by atoms with Crippen LogP contribution in [0, 0.1) is 0 Å². The van der Waals surface area contributed by atoms with Crippen molar-refractivity contribution in [1.82, 2.24) is 0 Å². The van der Waals surface area contributed by atoms with Gasteiger partial charge in [0.2, 0.25) is 0 Å². The molecule has 1 aromatic rings.